The van der Waals surface area contributed by atoms with Crippen LogP contribution in [-0.2, 0) is 4.74 Å². The van der Waals surface area contributed by atoms with Crippen LogP contribution in [-0.4, -0.2) is 42.4 Å². The highest BCUT2D eigenvalue weighted by molar-refractivity contribution is 5.65. The van der Waals surface area contributed by atoms with Gasteiger partial charge in [0.2, 0.25) is 0 Å². The lowest BCUT2D eigenvalue weighted by atomic mass is 10.1. The largest absolute Gasteiger partial charge is 0.465 e. The molecule has 0 spiro atoms. The molecule has 1 atom stereocenters. The number of hydrogen-bond acceptors (Lipinski definition) is 2. The van der Waals surface area contributed by atoms with E-state index < -0.39 is 6.09 Å². The third kappa shape index (κ3) is 2.08. The van der Waals surface area contributed by atoms with Crippen LogP contribution in [0.4, 0.5) is 4.79 Å². The highest BCUT2D eigenvalue weighted by atomic mass is 16.5. The van der Waals surface area contributed by atoms with Crippen molar-refractivity contribution < 1.29 is 14.6 Å². The minimum absolute atomic E-state index is 0.0971. The molecule has 0 unspecified atom stereocenters. The van der Waals surface area contributed by atoms with E-state index in [2.05, 4.69) is 0 Å². The molecule has 4 heteroatoms. The van der Waals surface area contributed by atoms with Crippen LogP contribution in [0.5, 0.6) is 0 Å². The third-order valence-electron chi connectivity index (χ3n) is 1.98. The van der Waals surface area contributed by atoms with E-state index in [0.717, 1.165) is 12.8 Å². The molecule has 11 heavy (non-hydrogen) atoms. The van der Waals surface area contributed by atoms with E-state index in [1.54, 1.807) is 7.11 Å². The molecule has 1 fully saturated rings. The number of amides is 1. The Balaban J connectivity index is 2.39. The van der Waals surface area contributed by atoms with E-state index in [4.69, 9.17) is 9.84 Å². The van der Waals surface area contributed by atoms with Gasteiger partial charge in [-0.1, -0.05) is 0 Å². The molecule has 0 bridgehead atoms. The van der Waals surface area contributed by atoms with E-state index in [0.29, 0.717) is 13.1 Å². The van der Waals surface area contributed by atoms with Crippen molar-refractivity contribution in [2.45, 2.75) is 18.9 Å². The summed E-state index contributed by atoms with van der Waals surface area (Å²) in [5, 5.41) is 8.62. The Morgan fingerprint density at radius 2 is 2.45 bits per heavy atom. The third-order valence-corrected chi connectivity index (χ3v) is 1.98. The number of nitrogens with zero attached hydrogens (tertiary/aromatic N) is 1. The van der Waals surface area contributed by atoms with Gasteiger partial charge in [0.15, 0.2) is 0 Å². The van der Waals surface area contributed by atoms with Crippen LogP contribution in [0, 0.1) is 0 Å². The first-order chi connectivity index (χ1) is 5.24. The summed E-state index contributed by atoms with van der Waals surface area (Å²) in [5.74, 6) is 0. The van der Waals surface area contributed by atoms with Crippen LogP contribution in [0.25, 0.3) is 0 Å². The zero-order valence-electron chi connectivity index (χ0n) is 6.62. The van der Waals surface area contributed by atoms with Gasteiger partial charge < -0.3 is 14.7 Å². The summed E-state index contributed by atoms with van der Waals surface area (Å²) in [6, 6.07) is 0. The molecule has 64 valence electrons. The number of hydrogen-bond donors (Lipinski definition) is 1. The first-order valence-corrected chi connectivity index (χ1v) is 3.74. The number of carboxylic acid groups (broad SMARTS) is 1. The normalized spacial score (nSPS) is 25.2. The summed E-state index contributed by atoms with van der Waals surface area (Å²) >= 11 is 0. The molecule has 0 radical (unpaired) electrons. The zero-order valence-corrected chi connectivity index (χ0v) is 6.62. The predicted molar refractivity (Wildman–Crippen MR) is 39.6 cm³/mol. The molecule has 1 heterocycles. The van der Waals surface area contributed by atoms with Gasteiger partial charge in [0.05, 0.1) is 12.6 Å². The quantitative estimate of drug-likeness (QED) is 0.615. The number of carbonyl (C=O) groups is 1. The van der Waals surface area contributed by atoms with Gasteiger partial charge in [-0.2, -0.15) is 0 Å². The fraction of sp³-hybridized carbons (Fsp3) is 0.857. The van der Waals surface area contributed by atoms with Crippen LogP contribution in [0.15, 0.2) is 0 Å². The molecule has 0 aliphatic carbocycles. The van der Waals surface area contributed by atoms with Crippen LogP contribution < -0.4 is 0 Å². The topological polar surface area (TPSA) is 49.8 Å². The summed E-state index contributed by atoms with van der Waals surface area (Å²) in [7, 11) is 1.62. The molecule has 1 aliphatic heterocycles. The molecule has 1 saturated heterocycles. The van der Waals surface area contributed by atoms with Crippen molar-refractivity contribution >= 4 is 6.09 Å². The second-order valence-corrected chi connectivity index (χ2v) is 2.73. The standard InChI is InChI=1S/C7H13NO3/c1-11-6-3-2-4-8(5-6)7(9)10/h6H,2-5H2,1H3,(H,9,10)/t6-/m0/s1. The monoisotopic (exact) mass is 159 g/mol. The molecule has 4 nitrogen and oxygen atoms in total. The molecule has 0 aromatic carbocycles. The lowest BCUT2D eigenvalue weighted by molar-refractivity contribution is 0.0331. The molecule has 0 aromatic rings. The maximum atomic E-state index is 10.5. The van der Waals surface area contributed by atoms with Gasteiger partial charge in [0.25, 0.3) is 0 Å². The van der Waals surface area contributed by atoms with Crippen molar-refractivity contribution in [3.05, 3.63) is 0 Å². The maximum Gasteiger partial charge on any atom is 0.407 e. The highest BCUT2D eigenvalue weighted by Gasteiger charge is 2.22. The number of rotatable bonds is 1. The average Bonchev–Trinajstić information content (AvgIpc) is 2.05. The summed E-state index contributed by atoms with van der Waals surface area (Å²) in [5.41, 5.74) is 0. The second-order valence-electron chi connectivity index (χ2n) is 2.73. The van der Waals surface area contributed by atoms with Crippen molar-refractivity contribution in [2.75, 3.05) is 20.2 Å². The van der Waals surface area contributed by atoms with Crippen LogP contribution in [0.1, 0.15) is 12.8 Å². The minimum Gasteiger partial charge on any atom is -0.465 e. The predicted octanol–water partition coefficient (Wildman–Crippen LogP) is 0.775. The summed E-state index contributed by atoms with van der Waals surface area (Å²) in [6.45, 7) is 1.17. The van der Waals surface area contributed by atoms with Gasteiger partial charge in [0, 0.05) is 13.7 Å². The number of piperidine rings is 1. The Bertz CT molecular complexity index is 149. The summed E-state index contributed by atoms with van der Waals surface area (Å²) < 4.78 is 5.07. The smallest absolute Gasteiger partial charge is 0.407 e. The number of methoxy groups -OCH3 is 1. The number of likely N-dealkylation sites (tertiary alicyclic amines) is 1. The molecule has 1 amide bonds. The fourth-order valence-electron chi connectivity index (χ4n) is 1.30. The van der Waals surface area contributed by atoms with E-state index in [1.807, 2.05) is 0 Å². The molecule has 1 N–H and O–H groups in total. The average molecular weight is 159 g/mol. The van der Waals surface area contributed by atoms with Gasteiger partial charge in [-0.3, -0.25) is 0 Å². The van der Waals surface area contributed by atoms with Crippen molar-refractivity contribution in [3.63, 3.8) is 0 Å². The Morgan fingerprint density at radius 1 is 1.73 bits per heavy atom. The van der Waals surface area contributed by atoms with E-state index in [9.17, 15) is 4.79 Å². The van der Waals surface area contributed by atoms with Crippen molar-refractivity contribution in [1.29, 1.82) is 0 Å². The maximum absolute atomic E-state index is 10.5. The van der Waals surface area contributed by atoms with Crippen molar-refractivity contribution in [3.8, 4) is 0 Å². The Morgan fingerprint density at radius 3 is 3.00 bits per heavy atom. The van der Waals surface area contributed by atoms with Gasteiger partial charge in [-0.25, -0.2) is 4.79 Å². The van der Waals surface area contributed by atoms with E-state index in [1.165, 1.54) is 4.90 Å². The van der Waals surface area contributed by atoms with Crippen LogP contribution in [0.2, 0.25) is 0 Å². The molecule has 0 aromatic heterocycles. The SMILES string of the molecule is CO[C@H]1CCCN(C(=O)O)C1. The first-order valence-electron chi connectivity index (χ1n) is 3.74. The Hall–Kier alpha value is -0.770. The van der Waals surface area contributed by atoms with Gasteiger partial charge >= 0.3 is 6.09 Å². The van der Waals surface area contributed by atoms with Crippen LogP contribution in [0.3, 0.4) is 0 Å². The minimum atomic E-state index is -0.841. The lowest BCUT2D eigenvalue weighted by Crippen LogP contribution is -2.42. The van der Waals surface area contributed by atoms with Gasteiger partial charge in [0.1, 0.15) is 0 Å². The fourth-order valence-corrected chi connectivity index (χ4v) is 1.30. The molecule has 1 rings (SSSR count). The lowest BCUT2D eigenvalue weighted by Gasteiger charge is -2.29. The van der Waals surface area contributed by atoms with Crippen molar-refractivity contribution in [1.82, 2.24) is 4.90 Å². The Labute approximate surface area is 65.8 Å². The molecule has 1 aliphatic rings. The zero-order chi connectivity index (χ0) is 8.27. The van der Waals surface area contributed by atoms with Gasteiger partial charge in [-0.05, 0) is 12.8 Å². The molecular weight excluding hydrogens is 146 g/mol. The first kappa shape index (κ1) is 8.33. The summed E-state index contributed by atoms with van der Waals surface area (Å²) in [4.78, 5) is 11.9. The Kier molecular flexibility index (Phi) is 2.70. The van der Waals surface area contributed by atoms with E-state index >= 15 is 0 Å². The van der Waals surface area contributed by atoms with Crippen LogP contribution >= 0.6 is 0 Å². The van der Waals surface area contributed by atoms with Crippen molar-refractivity contribution in [2.24, 2.45) is 0 Å². The van der Waals surface area contributed by atoms with Gasteiger partial charge in [-0.15, -0.1) is 0 Å². The second kappa shape index (κ2) is 3.57. The number of ether oxygens (including phenoxy) is 1. The molecular formula is C7H13NO3. The molecule has 0 saturated carbocycles. The van der Waals surface area contributed by atoms with E-state index in [-0.39, 0.29) is 6.10 Å². The summed E-state index contributed by atoms with van der Waals surface area (Å²) in [6.07, 6.45) is 1.14. The highest BCUT2D eigenvalue weighted by Crippen LogP contribution is 2.11.